The van der Waals surface area contributed by atoms with Crippen molar-refractivity contribution >= 4 is 12.1 Å². The molecule has 5 heteroatoms. The molecule has 0 radical (unpaired) electrons. The lowest BCUT2D eigenvalue weighted by Crippen LogP contribution is -2.17. The predicted octanol–water partition coefficient (Wildman–Crippen LogP) is 5.61. The summed E-state index contributed by atoms with van der Waals surface area (Å²) in [6.07, 6.45) is 1.59. The first-order chi connectivity index (χ1) is 16.3. The average molecular weight is 437 g/mol. The van der Waals surface area contributed by atoms with E-state index < -0.39 is 0 Å². The van der Waals surface area contributed by atoms with E-state index in [1.54, 1.807) is 30.5 Å². The lowest BCUT2D eigenvalue weighted by molar-refractivity contribution is 0.0955. The van der Waals surface area contributed by atoms with Crippen LogP contribution in [0.5, 0.6) is 11.5 Å². The van der Waals surface area contributed by atoms with Crippen LogP contribution in [0, 0.1) is 0 Å². The molecule has 0 aliphatic rings. The van der Waals surface area contributed by atoms with Gasteiger partial charge < -0.3 is 9.47 Å². The molecule has 0 heterocycles. The van der Waals surface area contributed by atoms with Crippen molar-refractivity contribution in [1.82, 2.24) is 5.43 Å². The van der Waals surface area contributed by atoms with Crippen molar-refractivity contribution in [2.24, 2.45) is 5.10 Å². The number of hydrogen-bond acceptors (Lipinski definition) is 4. The van der Waals surface area contributed by atoms with Gasteiger partial charge >= 0.3 is 0 Å². The minimum atomic E-state index is -0.288. The van der Waals surface area contributed by atoms with Gasteiger partial charge in [0.15, 0.2) is 0 Å². The summed E-state index contributed by atoms with van der Waals surface area (Å²) < 4.78 is 11.5. The summed E-state index contributed by atoms with van der Waals surface area (Å²) in [6.45, 7) is 0.993. The summed E-state index contributed by atoms with van der Waals surface area (Å²) in [4.78, 5) is 12.3. The first kappa shape index (κ1) is 21.8. The molecule has 0 saturated heterocycles. The van der Waals surface area contributed by atoms with Crippen LogP contribution in [0.15, 0.2) is 114 Å². The second-order valence-corrected chi connectivity index (χ2v) is 7.34. The molecule has 0 fully saturated rings. The van der Waals surface area contributed by atoms with Gasteiger partial charge in [-0.15, -0.1) is 0 Å². The van der Waals surface area contributed by atoms with Gasteiger partial charge in [0.1, 0.15) is 24.7 Å². The first-order valence-electron chi connectivity index (χ1n) is 10.6. The van der Waals surface area contributed by atoms with Crippen LogP contribution in [0.3, 0.4) is 0 Å². The van der Waals surface area contributed by atoms with Gasteiger partial charge in [0.2, 0.25) is 0 Å². The number of ether oxygens (including phenoxy) is 2. The van der Waals surface area contributed by atoms with Gasteiger partial charge in [0.25, 0.3) is 5.91 Å². The van der Waals surface area contributed by atoms with Gasteiger partial charge in [-0.25, -0.2) is 5.43 Å². The number of rotatable bonds is 9. The van der Waals surface area contributed by atoms with Crippen LogP contribution >= 0.6 is 0 Å². The summed E-state index contributed by atoms with van der Waals surface area (Å²) in [6, 6.07) is 34.4. The third kappa shape index (κ3) is 6.80. The van der Waals surface area contributed by atoms with Gasteiger partial charge in [-0.05, 0) is 65.2 Å². The second kappa shape index (κ2) is 11.3. The zero-order chi connectivity index (χ0) is 22.7. The van der Waals surface area contributed by atoms with E-state index in [2.05, 4.69) is 10.5 Å². The molecule has 1 amide bonds. The van der Waals surface area contributed by atoms with Crippen molar-refractivity contribution in [3.05, 3.63) is 131 Å². The Bertz CT molecular complexity index is 1170. The smallest absolute Gasteiger partial charge is 0.271 e. The molecule has 5 nitrogen and oxygen atoms in total. The highest BCUT2D eigenvalue weighted by atomic mass is 16.5. The Morgan fingerprint density at radius 1 is 0.667 bits per heavy atom. The van der Waals surface area contributed by atoms with Crippen molar-refractivity contribution in [1.29, 1.82) is 0 Å². The fourth-order valence-electron chi connectivity index (χ4n) is 3.06. The Balaban J connectivity index is 1.23. The zero-order valence-corrected chi connectivity index (χ0v) is 18.1. The lowest BCUT2D eigenvalue weighted by atomic mass is 10.2. The van der Waals surface area contributed by atoms with Crippen molar-refractivity contribution in [3.63, 3.8) is 0 Å². The monoisotopic (exact) mass is 436 g/mol. The van der Waals surface area contributed by atoms with Crippen LogP contribution in [0.25, 0.3) is 0 Å². The van der Waals surface area contributed by atoms with E-state index in [4.69, 9.17) is 9.47 Å². The summed E-state index contributed by atoms with van der Waals surface area (Å²) in [5.74, 6) is 1.19. The molecule has 0 aliphatic heterocycles. The second-order valence-electron chi connectivity index (χ2n) is 7.34. The largest absolute Gasteiger partial charge is 0.489 e. The van der Waals surface area contributed by atoms with Gasteiger partial charge in [0.05, 0.1) is 6.21 Å². The van der Waals surface area contributed by atoms with Crippen LogP contribution in [-0.4, -0.2) is 12.1 Å². The van der Waals surface area contributed by atoms with E-state index in [-0.39, 0.29) is 5.91 Å². The molecule has 4 aromatic rings. The molecule has 4 aromatic carbocycles. The van der Waals surface area contributed by atoms with Crippen molar-refractivity contribution in [3.8, 4) is 11.5 Å². The maximum Gasteiger partial charge on any atom is 0.271 e. The molecule has 4 rings (SSSR count). The van der Waals surface area contributed by atoms with E-state index >= 15 is 0 Å². The summed E-state index contributed by atoms with van der Waals surface area (Å²) >= 11 is 0. The van der Waals surface area contributed by atoms with Gasteiger partial charge in [-0.3, -0.25) is 4.79 Å². The highest BCUT2D eigenvalue weighted by molar-refractivity contribution is 5.95. The van der Waals surface area contributed by atoms with Crippen LogP contribution in [0.4, 0.5) is 0 Å². The van der Waals surface area contributed by atoms with E-state index in [0.29, 0.717) is 24.5 Å². The van der Waals surface area contributed by atoms with Crippen LogP contribution in [0.2, 0.25) is 0 Å². The predicted molar refractivity (Wildman–Crippen MR) is 129 cm³/mol. The molecule has 0 unspecified atom stereocenters. The number of nitrogens with zero attached hydrogens (tertiary/aromatic N) is 1. The fraction of sp³-hybridized carbons (Fsp3) is 0.0714. The molecule has 33 heavy (non-hydrogen) atoms. The zero-order valence-electron chi connectivity index (χ0n) is 18.1. The minimum absolute atomic E-state index is 0.288. The van der Waals surface area contributed by atoms with Gasteiger partial charge in [0, 0.05) is 5.56 Å². The van der Waals surface area contributed by atoms with Crippen molar-refractivity contribution in [2.75, 3.05) is 0 Å². The number of hydrogen-bond donors (Lipinski definition) is 1. The van der Waals surface area contributed by atoms with E-state index in [9.17, 15) is 4.79 Å². The maximum atomic E-state index is 12.3. The molecular weight excluding hydrogens is 412 g/mol. The normalized spacial score (nSPS) is 10.7. The highest BCUT2D eigenvalue weighted by Gasteiger charge is 2.05. The molecule has 0 spiro atoms. The number of carbonyl (C=O) groups is 1. The standard InChI is InChI=1S/C28H24N2O3/c31-28(25-13-17-27(18-14-25)33-21-24-9-5-2-6-10-24)30-29-19-22-11-15-26(16-12-22)32-20-23-7-3-1-4-8-23/h1-19H,20-21H2,(H,30,31)/b29-19+. The topological polar surface area (TPSA) is 59.9 Å². The van der Waals surface area contributed by atoms with Crippen LogP contribution in [-0.2, 0) is 13.2 Å². The summed E-state index contributed by atoms with van der Waals surface area (Å²) in [7, 11) is 0. The van der Waals surface area contributed by atoms with E-state index in [0.717, 1.165) is 22.4 Å². The molecule has 0 atom stereocenters. The fourth-order valence-corrected chi connectivity index (χ4v) is 3.06. The Morgan fingerprint density at radius 2 is 1.15 bits per heavy atom. The Kier molecular flexibility index (Phi) is 7.48. The molecule has 0 saturated carbocycles. The Labute approximate surface area is 193 Å². The van der Waals surface area contributed by atoms with Crippen LogP contribution in [0.1, 0.15) is 27.0 Å². The molecule has 1 N–H and O–H groups in total. The average Bonchev–Trinajstić information content (AvgIpc) is 2.88. The molecular formula is C28H24N2O3. The van der Waals surface area contributed by atoms with Crippen molar-refractivity contribution < 1.29 is 14.3 Å². The summed E-state index contributed by atoms with van der Waals surface area (Å²) in [5, 5.41) is 4.04. The maximum absolute atomic E-state index is 12.3. The number of amides is 1. The quantitative estimate of drug-likeness (QED) is 0.274. The van der Waals surface area contributed by atoms with E-state index in [1.807, 2.05) is 84.9 Å². The Hall–Kier alpha value is -4.38. The number of nitrogens with one attached hydrogen (secondary N) is 1. The van der Waals surface area contributed by atoms with E-state index in [1.165, 1.54) is 0 Å². The molecule has 0 aliphatic carbocycles. The molecule has 0 aromatic heterocycles. The lowest BCUT2D eigenvalue weighted by Gasteiger charge is -2.07. The van der Waals surface area contributed by atoms with Gasteiger partial charge in [-0.2, -0.15) is 5.10 Å². The van der Waals surface area contributed by atoms with Crippen LogP contribution < -0.4 is 14.9 Å². The highest BCUT2D eigenvalue weighted by Crippen LogP contribution is 2.15. The van der Waals surface area contributed by atoms with Gasteiger partial charge in [-0.1, -0.05) is 60.7 Å². The van der Waals surface area contributed by atoms with Crippen molar-refractivity contribution in [2.45, 2.75) is 13.2 Å². The number of hydrazone groups is 1. The third-order valence-electron chi connectivity index (χ3n) is 4.87. The third-order valence-corrected chi connectivity index (χ3v) is 4.87. The molecule has 164 valence electrons. The summed E-state index contributed by atoms with van der Waals surface area (Å²) in [5.41, 5.74) is 6.10. The Morgan fingerprint density at radius 3 is 1.67 bits per heavy atom. The molecule has 0 bridgehead atoms. The minimum Gasteiger partial charge on any atom is -0.489 e. The number of benzene rings is 4. The number of carbonyl (C=O) groups excluding carboxylic acids is 1. The SMILES string of the molecule is O=C(N/N=C/c1ccc(OCc2ccccc2)cc1)c1ccc(OCc2ccccc2)cc1. The first-order valence-corrected chi connectivity index (χ1v) is 10.6.